The quantitative estimate of drug-likeness (QED) is 0.554. The number of hydrogen-bond acceptors (Lipinski definition) is 6. The molecule has 0 bridgehead atoms. The zero-order chi connectivity index (χ0) is 19.1. The van der Waals surface area contributed by atoms with Crippen molar-refractivity contribution in [1.82, 2.24) is 35.2 Å². The third kappa shape index (κ3) is 3.11. The number of imidazole rings is 1. The average molecular weight is 374 g/mol. The molecule has 2 N–H and O–H groups in total. The second kappa shape index (κ2) is 6.52. The van der Waals surface area contributed by atoms with Gasteiger partial charge in [0.15, 0.2) is 5.65 Å². The lowest BCUT2D eigenvalue weighted by Gasteiger charge is -2.09. The van der Waals surface area contributed by atoms with E-state index >= 15 is 0 Å². The largest absolute Gasteiger partial charge is 0.329 e. The summed E-state index contributed by atoms with van der Waals surface area (Å²) in [5.41, 5.74) is 4.43. The Labute approximate surface area is 160 Å². The molecule has 5 rings (SSSR count). The maximum absolute atomic E-state index is 12.1. The third-order valence-corrected chi connectivity index (χ3v) is 4.90. The minimum absolute atomic E-state index is 0.0319. The molecule has 0 spiro atoms. The highest BCUT2D eigenvalue weighted by Crippen LogP contribution is 2.32. The molecule has 4 aromatic rings. The Morgan fingerprint density at radius 2 is 2.11 bits per heavy atom. The highest BCUT2D eigenvalue weighted by Gasteiger charge is 2.30. The molecule has 3 aromatic heterocycles. The molecule has 1 aliphatic carbocycles. The van der Waals surface area contributed by atoms with Gasteiger partial charge in [-0.3, -0.25) is 4.79 Å². The van der Waals surface area contributed by atoms with Crippen LogP contribution in [-0.2, 0) is 11.3 Å². The number of nitrogens with zero attached hydrogens (tertiary/aromatic N) is 6. The lowest BCUT2D eigenvalue weighted by molar-refractivity contribution is -0.117. The van der Waals surface area contributed by atoms with Crippen LogP contribution >= 0.6 is 0 Å². The van der Waals surface area contributed by atoms with Crippen molar-refractivity contribution in [2.75, 3.05) is 5.32 Å². The SMILES string of the molecule is Cc1nnnn1Cc1ccc(-c2cc(NC(=O)C3CC3)nc3[nH]cnc23)cc1. The van der Waals surface area contributed by atoms with E-state index in [0.29, 0.717) is 18.0 Å². The van der Waals surface area contributed by atoms with E-state index in [1.54, 1.807) is 11.0 Å². The highest BCUT2D eigenvalue weighted by molar-refractivity contribution is 5.97. The van der Waals surface area contributed by atoms with Gasteiger partial charge in [-0.25, -0.2) is 14.6 Å². The Bertz CT molecular complexity index is 1160. The fraction of sp³-hybridized carbons (Fsp3) is 0.263. The van der Waals surface area contributed by atoms with E-state index in [4.69, 9.17) is 0 Å². The number of aromatic amines is 1. The van der Waals surface area contributed by atoms with Crippen molar-refractivity contribution in [3.05, 3.63) is 48.0 Å². The van der Waals surface area contributed by atoms with Crippen molar-refractivity contribution in [1.29, 1.82) is 0 Å². The zero-order valence-electron chi connectivity index (χ0n) is 15.3. The molecular formula is C19H18N8O. The van der Waals surface area contributed by atoms with Crippen LogP contribution in [0.4, 0.5) is 5.82 Å². The van der Waals surface area contributed by atoms with Crippen LogP contribution in [0.15, 0.2) is 36.7 Å². The number of benzene rings is 1. The Hall–Kier alpha value is -3.62. The number of carbonyl (C=O) groups is 1. The Morgan fingerprint density at radius 1 is 1.29 bits per heavy atom. The van der Waals surface area contributed by atoms with Gasteiger partial charge in [-0.2, -0.15) is 0 Å². The lowest BCUT2D eigenvalue weighted by Crippen LogP contribution is -2.14. The molecule has 1 aliphatic rings. The van der Waals surface area contributed by atoms with Gasteiger partial charge in [-0.1, -0.05) is 24.3 Å². The van der Waals surface area contributed by atoms with E-state index in [-0.39, 0.29) is 11.8 Å². The number of amides is 1. The minimum Gasteiger partial charge on any atom is -0.329 e. The fourth-order valence-electron chi connectivity index (χ4n) is 3.14. The zero-order valence-corrected chi connectivity index (χ0v) is 15.3. The molecule has 1 fully saturated rings. The van der Waals surface area contributed by atoms with Crippen molar-refractivity contribution in [3.8, 4) is 11.1 Å². The van der Waals surface area contributed by atoms with Crippen LogP contribution in [0.1, 0.15) is 24.2 Å². The molecule has 28 heavy (non-hydrogen) atoms. The summed E-state index contributed by atoms with van der Waals surface area (Å²) >= 11 is 0. The summed E-state index contributed by atoms with van der Waals surface area (Å²) < 4.78 is 1.75. The van der Waals surface area contributed by atoms with Crippen LogP contribution in [-0.4, -0.2) is 41.1 Å². The molecular weight excluding hydrogens is 356 g/mol. The molecule has 3 heterocycles. The summed E-state index contributed by atoms with van der Waals surface area (Å²) in [6.07, 6.45) is 3.52. The summed E-state index contributed by atoms with van der Waals surface area (Å²) in [6.45, 7) is 2.48. The van der Waals surface area contributed by atoms with Crippen molar-refractivity contribution < 1.29 is 4.79 Å². The van der Waals surface area contributed by atoms with Crippen molar-refractivity contribution in [2.45, 2.75) is 26.3 Å². The van der Waals surface area contributed by atoms with E-state index in [0.717, 1.165) is 40.9 Å². The van der Waals surface area contributed by atoms with E-state index in [9.17, 15) is 4.79 Å². The maximum atomic E-state index is 12.1. The third-order valence-electron chi connectivity index (χ3n) is 4.90. The summed E-state index contributed by atoms with van der Waals surface area (Å²) in [7, 11) is 0. The number of nitrogens with one attached hydrogen (secondary N) is 2. The molecule has 1 amide bonds. The predicted octanol–water partition coefficient (Wildman–Crippen LogP) is 2.32. The number of tetrazole rings is 1. The summed E-state index contributed by atoms with van der Waals surface area (Å²) in [5.74, 6) is 1.46. The van der Waals surface area contributed by atoms with Gasteiger partial charge in [-0.05, 0) is 47.4 Å². The van der Waals surface area contributed by atoms with Crippen LogP contribution < -0.4 is 5.32 Å². The van der Waals surface area contributed by atoms with Crippen LogP contribution in [0, 0.1) is 12.8 Å². The molecule has 0 radical (unpaired) electrons. The Morgan fingerprint density at radius 3 is 2.82 bits per heavy atom. The number of aromatic nitrogens is 7. The van der Waals surface area contributed by atoms with Crippen molar-refractivity contribution in [2.24, 2.45) is 5.92 Å². The smallest absolute Gasteiger partial charge is 0.228 e. The molecule has 9 heteroatoms. The van der Waals surface area contributed by atoms with Crippen LogP contribution in [0.3, 0.4) is 0 Å². The number of aryl methyl sites for hydroxylation is 1. The van der Waals surface area contributed by atoms with Gasteiger partial charge in [0.25, 0.3) is 0 Å². The van der Waals surface area contributed by atoms with Gasteiger partial charge in [0.05, 0.1) is 12.9 Å². The first-order valence-corrected chi connectivity index (χ1v) is 9.14. The van der Waals surface area contributed by atoms with E-state index in [2.05, 4.69) is 35.8 Å². The van der Waals surface area contributed by atoms with Crippen LogP contribution in [0.5, 0.6) is 0 Å². The van der Waals surface area contributed by atoms with E-state index in [1.807, 2.05) is 37.3 Å². The van der Waals surface area contributed by atoms with Gasteiger partial charge in [0.2, 0.25) is 5.91 Å². The van der Waals surface area contributed by atoms with Crippen molar-refractivity contribution >= 4 is 22.9 Å². The number of fused-ring (bicyclic) bond motifs is 1. The molecule has 0 unspecified atom stereocenters. The topological polar surface area (TPSA) is 114 Å². The number of H-pyrrole nitrogens is 1. The van der Waals surface area contributed by atoms with Gasteiger partial charge in [0, 0.05) is 11.5 Å². The monoisotopic (exact) mass is 374 g/mol. The molecule has 0 aliphatic heterocycles. The Balaban J connectivity index is 1.46. The van der Waals surface area contributed by atoms with Gasteiger partial charge in [0.1, 0.15) is 17.2 Å². The summed E-state index contributed by atoms with van der Waals surface area (Å²) in [6, 6.07) is 10.0. The van der Waals surface area contributed by atoms with Gasteiger partial charge in [-0.15, -0.1) is 5.10 Å². The average Bonchev–Trinajstić information content (AvgIpc) is 3.33. The number of anilines is 1. The van der Waals surface area contributed by atoms with Crippen LogP contribution in [0.2, 0.25) is 0 Å². The first kappa shape index (κ1) is 16.5. The maximum Gasteiger partial charge on any atom is 0.228 e. The molecule has 0 atom stereocenters. The Kier molecular flexibility index (Phi) is 3.85. The molecule has 140 valence electrons. The summed E-state index contributed by atoms with van der Waals surface area (Å²) in [4.78, 5) is 24.0. The van der Waals surface area contributed by atoms with Gasteiger partial charge < -0.3 is 10.3 Å². The van der Waals surface area contributed by atoms with E-state index in [1.165, 1.54) is 0 Å². The number of rotatable bonds is 5. The molecule has 1 aromatic carbocycles. The predicted molar refractivity (Wildman–Crippen MR) is 102 cm³/mol. The second-order valence-corrected chi connectivity index (χ2v) is 7.00. The standard InChI is InChI=1S/C19H18N8O/c1-11-24-25-26-27(11)9-12-2-4-13(5-3-12)15-8-16(23-19(28)14-6-7-14)22-18-17(15)20-10-21-18/h2-5,8,10,14H,6-7,9H2,1H3,(H2,20,21,22,23,28). The number of hydrogen-bond donors (Lipinski definition) is 2. The fourth-order valence-corrected chi connectivity index (χ4v) is 3.14. The first-order chi connectivity index (χ1) is 13.7. The molecule has 9 nitrogen and oxygen atoms in total. The second-order valence-electron chi connectivity index (χ2n) is 7.00. The van der Waals surface area contributed by atoms with E-state index < -0.39 is 0 Å². The lowest BCUT2D eigenvalue weighted by atomic mass is 10.0. The highest BCUT2D eigenvalue weighted by atomic mass is 16.2. The van der Waals surface area contributed by atoms with Crippen molar-refractivity contribution in [3.63, 3.8) is 0 Å². The normalized spacial score (nSPS) is 13.8. The first-order valence-electron chi connectivity index (χ1n) is 9.14. The minimum atomic E-state index is 0.0319. The molecule has 0 saturated heterocycles. The van der Waals surface area contributed by atoms with Crippen LogP contribution in [0.25, 0.3) is 22.3 Å². The number of pyridine rings is 1. The molecule has 1 saturated carbocycles. The summed E-state index contributed by atoms with van der Waals surface area (Å²) in [5, 5.41) is 14.5. The number of carbonyl (C=O) groups excluding carboxylic acids is 1. The van der Waals surface area contributed by atoms with Gasteiger partial charge >= 0.3 is 0 Å².